The normalized spacial score (nSPS) is 39.8. The number of hydrogen-bond donors (Lipinski definition) is 2. The Morgan fingerprint density at radius 2 is 1.95 bits per heavy atom. The molecular weight excluding hydrogens is 552 g/mol. The third-order valence-electron chi connectivity index (χ3n) is 13.0. The van der Waals surface area contributed by atoms with Crippen molar-refractivity contribution in [3.05, 3.63) is 23.5 Å². The number of halogens is 1. The van der Waals surface area contributed by atoms with Crippen LogP contribution in [0.25, 0.3) is 0 Å². The standard InChI is InChI=1S/C33H47BFNO7/c1-19-9-11-33-12-10-24(41-5)28(33)32(19,4)22(17-31(3,29(37)20(33)2)13-16-36-14-6-15-36)27(30(38)39)43-23-8-7-21-18-42-34(40)25(21)26(23)35/h7-8,19-20,22,24,27-28,40H,6,9-18H2,1-5H3,(H,38,39)/t19-,20+,22+,24-,27?,28-,31+,32-,33+/m1/s1. The summed E-state index contributed by atoms with van der Waals surface area (Å²) in [6.07, 6.45) is 4.12. The highest BCUT2D eigenvalue weighted by atomic mass is 19.1. The van der Waals surface area contributed by atoms with E-state index in [1.807, 2.05) is 6.92 Å². The van der Waals surface area contributed by atoms with Crippen molar-refractivity contribution in [2.75, 3.05) is 26.7 Å². The number of methoxy groups -OCH3 is 1. The molecule has 43 heavy (non-hydrogen) atoms. The van der Waals surface area contributed by atoms with Gasteiger partial charge in [0, 0.05) is 29.8 Å². The van der Waals surface area contributed by atoms with Gasteiger partial charge in [-0.15, -0.1) is 0 Å². The van der Waals surface area contributed by atoms with E-state index in [0.29, 0.717) is 18.4 Å². The fourth-order valence-electron chi connectivity index (χ4n) is 10.1. The number of ether oxygens (including phenoxy) is 2. The van der Waals surface area contributed by atoms with Gasteiger partial charge in [-0.05, 0) is 98.9 Å². The SMILES string of the molecule is CO[C@@H]1CC[C@@]23CC[C@@H](C)[C@](C)([C@H](C(Oc4ccc5c(c4F)B(O)OC5)C(=O)O)C[C@](C)(CCN4CCC4)C(=O)[C@@H]2C)[C@@H]13. The molecule has 2 heterocycles. The first-order valence-electron chi connectivity index (χ1n) is 16.2. The molecule has 2 bridgehead atoms. The van der Waals surface area contributed by atoms with Gasteiger partial charge in [-0.25, -0.2) is 9.18 Å². The molecule has 3 aliphatic carbocycles. The Bertz CT molecular complexity index is 1280. The molecule has 4 fully saturated rings. The lowest BCUT2D eigenvalue weighted by molar-refractivity contribution is -0.194. The van der Waals surface area contributed by atoms with Gasteiger partial charge in [-0.1, -0.05) is 33.8 Å². The number of ketones is 1. The molecule has 6 rings (SSSR count). The topological polar surface area (TPSA) is 106 Å². The van der Waals surface area contributed by atoms with Crippen LogP contribution in [0.3, 0.4) is 0 Å². The lowest BCUT2D eigenvalue weighted by atomic mass is 9.41. The summed E-state index contributed by atoms with van der Waals surface area (Å²) in [5.74, 6) is -2.64. The average molecular weight is 600 g/mol. The average Bonchev–Trinajstić information content (AvgIpc) is 3.53. The molecule has 5 aliphatic rings. The Morgan fingerprint density at radius 3 is 2.60 bits per heavy atom. The predicted octanol–water partition coefficient (Wildman–Crippen LogP) is 4.05. The largest absolute Gasteiger partial charge is 0.494 e. The number of carbonyl (C=O) groups is 2. The van der Waals surface area contributed by atoms with Crippen LogP contribution in [0, 0.1) is 45.7 Å². The minimum atomic E-state index is -1.43. The van der Waals surface area contributed by atoms with Gasteiger partial charge < -0.3 is 29.2 Å². The molecule has 0 aromatic heterocycles. The van der Waals surface area contributed by atoms with E-state index in [1.165, 1.54) is 6.07 Å². The van der Waals surface area contributed by atoms with Crippen LogP contribution in [0.5, 0.6) is 5.75 Å². The number of rotatable bonds is 8. The van der Waals surface area contributed by atoms with Crippen LogP contribution >= 0.6 is 0 Å². The fraction of sp³-hybridized carbons (Fsp3) is 0.758. The summed E-state index contributed by atoms with van der Waals surface area (Å²) in [7, 11) is 0.299. The molecule has 0 amide bonds. The van der Waals surface area contributed by atoms with Crippen LogP contribution in [-0.4, -0.2) is 72.9 Å². The number of carbonyl (C=O) groups excluding carboxylic acids is 1. The maximum atomic E-state index is 15.8. The Labute approximate surface area is 254 Å². The maximum absolute atomic E-state index is 15.8. The van der Waals surface area contributed by atoms with E-state index in [1.54, 1.807) is 13.2 Å². The molecule has 0 spiro atoms. The fourth-order valence-corrected chi connectivity index (χ4v) is 10.1. The number of likely N-dealkylation sites (tertiary alicyclic amines) is 1. The summed E-state index contributed by atoms with van der Waals surface area (Å²) >= 11 is 0. The van der Waals surface area contributed by atoms with Crippen molar-refractivity contribution in [2.24, 2.45) is 39.9 Å². The minimum absolute atomic E-state index is 0.00537. The van der Waals surface area contributed by atoms with E-state index in [0.717, 1.165) is 51.7 Å². The molecule has 0 radical (unpaired) electrons. The summed E-state index contributed by atoms with van der Waals surface area (Å²) < 4.78 is 33.4. The number of nitrogens with zero attached hydrogens (tertiary/aromatic N) is 1. The Morgan fingerprint density at radius 1 is 1.23 bits per heavy atom. The molecule has 1 saturated heterocycles. The van der Waals surface area contributed by atoms with Crippen LogP contribution in [-0.2, 0) is 25.6 Å². The Balaban J connectivity index is 1.48. The minimum Gasteiger partial charge on any atom is -0.478 e. The molecule has 236 valence electrons. The molecule has 2 aliphatic heterocycles. The van der Waals surface area contributed by atoms with Crippen molar-refractivity contribution in [1.82, 2.24) is 4.90 Å². The number of hydrogen-bond acceptors (Lipinski definition) is 7. The van der Waals surface area contributed by atoms with Gasteiger partial charge >= 0.3 is 13.1 Å². The van der Waals surface area contributed by atoms with Gasteiger partial charge in [0.1, 0.15) is 5.78 Å². The summed E-state index contributed by atoms with van der Waals surface area (Å²) in [6, 6.07) is 3.06. The number of benzene rings is 1. The van der Waals surface area contributed by atoms with E-state index in [-0.39, 0.29) is 52.9 Å². The number of aliphatic carboxylic acids is 1. The molecule has 9 atom stereocenters. The molecule has 3 saturated carbocycles. The van der Waals surface area contributed by atoms with E-state index in [9.17, 15) is 19.7 Å². The zero-order valence-corrected chi connectivity index (χ0v) is 26.2. The molecule has 1 aromatic carbocycles. The van der Waals surface area contributed by atoms with Crippen LogP contribution in [0.2, 0.25) is 0 Å². The van der Waals surface area contributed by atoms with Crippen molar-refractivity contribution in [3.8, 4) is 5.75 Å². The summed E-state index contributed by atoms with van der Waals surface area (Å²) in [6.45, 7) is 11.5. The highest BCUT2D eigenvalue weighted by Crippen LogP contribution is 2.70. The molecule has 8 nitrogen and oxygen atoms in total. The zero-order chi connectivity index (χ0) is 30.9. The number of carboxylic acid groups (broad SMARTS) is 1. The van der Waals surface area contributed by atoms with Crippen LogP contribution in [0.4, 0.5) is 4.39 Å². The molecule has 1 unspecified atom stereocenters. The number of fused-ring (bicyclic) bond motifs is 1. The first kappa shape index (κ1) is 31.0. The highest BCUT2D eigenvalue weighted by molar-refractivity contribution is 6.61. The lowest BCUT2D eigenvalue weighted by Gasteiger charge is -2.63. The van der Waals surface area contributed by atoms with Gasteiger partial charge in [-0.2, -0.15) is 0 Å². The second-order valence-electron chi connectivity index (χ2n) is 14.7. The Hall–Kier alpha value is -2.01. The molecule has 10 heteroatoms. The van der Waals surface area contributed by atoms with Crippen LogP contribution < -0.4 is 10.2 Å². The van der Waals surface area contributed by atoms with Gasteiger partial charge in [0.15, 0.2) is 17.7 Å². The van der Waals surface area contributed by atoms with E-state index in [4.69, 9.17) is 14.1 Å². The van der Waals surface area contributed by atoms with Gasteiger partial charge in [0.2, 0.25) is 0 Å². The smallest absolute Gasteiger partial charge is 0.478 e. The molecular formula is C33H47BFNO7. The van der Waals surface area contributed by atoms with E-state index < -0.39 is 41.8 Å². The second-order valence-corrected chi connectivity index (χ2v) is 14.7. The number of Topliss-reactive ketones (excluding diaryl/α,β-unsaturated/α-hetero) is 1. The summed E-state index contributed by atoms with van der Waals surface area (Å²) in [5.41, 5.74) is -1.10. The quantitative estimate of drug-likeness (QED) is 0.432. The van der Waals surface area contributed by atoms with E-state index >= 15 is 4.39 Å². The summed E-state index contributed by atoms with van der Waals surface area (Å²) in [5, 5.41) is 21.1. The predicted molar refractivity (Wildman–Crippen MR) is 159 cm³/mol. The third-order valence-corrected chi connectivity index (χ3v) is 13.0. The maximum Gasteiger partial charge on any atom is 0.494 e. The van der Waals surface area contributed by atoms with Crippen molar-refractivity contribution in [1.29, 1.82) is 0 Å². The first-order chi connectivity index (χ1) is 20.4. The van der Waals surface area contributed by atoms with Gasteiger partial charge in [0.25, 0.3) is 0 Å². The van der Waals surface area contributed by atoms with Crippen molar-refractivity contribution in [2.45, 2.75) is 91.5 Å². The van der Waals surface area contributed by atoms with Crippen molar-refractivity contribution in [3.63, 3.8) is 0 Å². The van der Waals surface area contributed by atoms with Gasteiger partial charge in [0.05, 0.1) is 12.7 Å². The molecule has 2 N–H and O–H groups in total. The van der Waals surface area contributed by atoms with E-state index in [2.05, 4.69) is 25.7 Å². The summed E-state index contributed by atoms with van der Waals surface area (Å²) in [4.78, 5) is 30.4. The van der Waals surface area contributed by atoms with Crippen LogP contribution in [0.15, 0.2) is 12.1 Å². The molecule has 1 aromatic rings. The van der Waals surface area contributed by atoms with Gasteiger partial charge in [-0.3, -0.25) is 4.79 Å². The van der Waals surface area contributed by atoms with Crippen molar-refractivity contribution >= 4 is 24.3 Å². The highest BCUT2D eigenvalue weighted by Gasteiger charge is 2.69. The second kappa shape index (κ2) is 11.1. The zero-order valence-electron chi connectivity index (χ0n) is 26.2. The van der Waals surface area contributed by atoms with Crippen molar-refractivity contribution < 1.29 is 38.2 Å². The number of carboxylic acids is 1. The monoisotopic (exact) mass is 599 g/mol. The first-order valence-corrected chi connectivity index (χ1v) is 16.2. The lowest BCUT2D eigenvalue weighted by Crippen LogP contribution is -2.64. The van der Waals surface area contributed by atoms with Crippen LogP contribution in [0.1, 0.15) is 78.2 Å². The third kappa shape index (κ3) is 4.69. The Kier molecular flexibility index (Phi) is 8.01.